The SMILES string of the molecule is CCCCC(C)C(C)=[N+]=[N-]. The summed E-state index contributed by atoms with van der Waals surface area (Å²) >= 11 is 0. The Bertz CT molecular complexity index is 134. The first kappa shape index (κ1) is 9.38. The second kappa shape index (κ2) is 5.19. The van der Waals surface area contributed by atoms with E-state index in [1.165, 1.54) is 12.8 Å². The van der Waals surface area contributed by atoms with Crippen LogP contribution in [0.1, 0.15) is 40.0 Å². The molecule has 0 saturated heterocycles. The zero-order valence-electron chi connectivity index (χ0n) is 7.09. The normalized spacial score (nSPS) is 12.3. The standard InChI is InChI=1S/C8H16N2/c1-4-5-6-7(2)8(3)10-9/h7H,4-6H2,1-3H3. The van der Waals surface area contributed by atoms with E-state index in [0.29, 0.717) is 5.92 Å². The lowest BCUT2D eigenvalue weighted by atomic mass is 10.0. The monoisotopic (exact) mass is 140 g/mol. The summed E-state index contributed by atoms with van der Waals surface area (Å²) in [5.74, 6) is 0.435. The van der Waals surface area contributed by atoms with Crippen LogP contribution in [0, 0.1) is 5.92 Å². The summed E-state index contributed by atoms with van der Waals surface area (Å²) in [5.41, 5.74) is 9.23. The third kappa shape index (κ3) is 3.41. The highest BCUT2D eigenvalue weighted by atomic mass is 14.9. The highest BCUT2D eigenvalue weighted by Gasteiger charge is 2.10. The van der Waals surface area contributed by atoms with Gasteiger partial charge in [0.2, 0.25) is 0 Å². The van der Waals surface area contributed by atoms with Crippen LogP contribution in [0.3, 0.4) is 0 Å². The molecule has 2 nitrogen and oxygen atoms in total. The summed E-state index contributed by atoms with van der Waals surface area (Å²) in [6.45, 7) is 6.11. The second-order valence-electron chi connectivity index (χ2n) is 2.78. The van der Waals surface area contributed by atoms with Crippen molar-refractivity contribution in [3.05, 3.63) is 5.53 Å². The molecule has 0 saturated carbocycles. The molecule has 0 amide bonds. The maximum Gasteiger partial charge on any atom is 0.268 e. The lowest BCUT2D eigenvalue weighted by Gasteiger charge is -2.00. The first-order valence-corrected chi connectivity index (χ1v) is 3.90. The van der Waals surface area contributed by atoms with Crippen LogP contribution in [0.15, 0.2) is 0 Å². The van der Waals surface area contributed by atoms with Crippen molar-refractivity contribution in [3.8, 4) is 0 Å². The van der Waals surface area contributed by atoms with Crippen LogP contribution in [0.2, 0.25) is 0 Å². The van der Waals surface area contributed by atoms with Gasteiger partial charge in [0.05, 0.1) is 5.92 Å². The molecule has 0 bridgehead atoms. The topological polar surface area (TPSA) is 36.4 Å². The van der Waals surface area contributed by atoms with Gasteiger partial charge in [0.25, 0.3) is 5.71 Å². The molecule has 0 rings (SSSR count). The molecule has 0 aliphatic heterocycles. The van der Waals surface area contributed by atoms with Gasteiger partial charge in [-0.15, -0.1) is 0 Å². The van der Waals surface area contributed by atoms with Crippen LogP contribution in [0.5, 0.6) is 0 Å². The van der Waals surface area contributed by atoms with E-state index < -0.39 is 0 Å². The molecule has 2 heteroatoms. The van der Waals surface area contributed by atoms with Gasteiger partial charge in [-0.1, -0.05) is 26.7 Å². The maximum atomic E-state index is 8.39. The van der Waals surface area contributed by atoms with Crippen LogP contribution < -0.4 is 0 Å². The highest BCUT2D eigenvalue weighted by molar-refractivity contribution is 5.78. The van der Waals surface area contributed by atoms with Crippen molar-refractivity contribution in [2.24, 2.45) is 5.92 Å². The van der Waals surface area contributed by atoms with Crippen molar-refractivity contribution >= 4 is 5.71 Å². The summed E-state index contributed by atoms with van der Waals surface area (Å²) < 4.78 is 0. The maximum absolute atomic E-state index is 8.39. The Kier molecular flexibility index (Phi) is 4.87. The number of hydrogen-bond acceptors (Lipinski definition) is 0. The van der Waals surface area contributed by atoms with Crippen molar-refractivity contribution < 1.29 is 4.79 Å². The number of nitrogens with zero attached hydrogens (tertiary/aromatic N) is 2. The zero-order chi connectivity index (χ0) is 7.98. The van der Waals surface area contributed by atoms with Gasteiger partial charge in [-0.2, -0.15) is 4.79 Å². The first-order valence-electron chi connectivity index (χ1n) is 3.90. The van der Waals surface area contributed by atoms with Crippen LogP contribution >= 0.6 is 0 Å². The van der Waals surface area contributed by atoms with E-state index in [1.807, 2.05) is 6.92 Å². The third-order valence-corrected chi connectivity index (χ3v) is 1.86. The lowest BCUT2D eigenvalue weighted by Crippen LogP contribution is -2.07. The van der Waals surface area contributed by atoms with E-state index in [4.69, 9.17) is 5.53 Å². The molecule has 58 valence electrons. The van der Waals surface area contributed by atoms with Crippen molar-refractivity contribution in [1.29, 1.82) is 0 Å². The largest absolute Gasteiger partial charge is 0.362 e. The van der Waals surface area contributed by atoms with Crippen LogP contribution in [-0.2, 0) is 0 Å². The molecule has 0 fully saturated rings. The van der Waals surface area contributed by atoms with Crippen LogP contribution in [0.25, 0.3) is 5.53 Å². The lowest BCUT2D eigenvalue weighted by molar-refractivity contribution is -0.0132. The number of hydrogen-bond donors (Lipinski definition) is 0. The number of rotatable bonds is 4. The highest BCUT2D eigenvalue weighted by Crippen LogP contribution is 2.07. The third-order valence-electron chi connectivity index (χ3n) is 1.86. The van der Waals surface area contributed by atoms with Crippen LogP contribution in [0.4, 0.5) is 0 Å². The number of unbranched alkanes of at least 4 members (excludes halogenated alkanes) is 1. The molecule has 0 spiro atoms. The minimum absolute atomic E-state index is 0.435. The fourth-order valence-electron chi connectivity index (χ4n) is 0.818. The molecular weight excluding hydrogens is 124 g/mol. The molecule has 0 aliphatic rings. The second-order valence-corrected chi connectivity index (χ2v) is 2.78. The minimum atomic E-state index is 0.435. The van der Waals surface area contributed by atoms with Gasteiger partial charge in [0.1, 0.15) is 0 Å². The van der Waals surface area contributed by atoms with Crippen molar-refractivity contribution in [3.63, 3.8) is 0 Å². The zero-order valence-corrected chi connectivity index (χ0v) is 7.09. The van der Waals surface area contributed by atoms with Gasteiger partial charge < -0.3 is 5.53 Å². The van der Waals surface area contributed by atoms with Gasteiger partial charge in [0.15, 0.2) is 0 Å². The first-order chi connectivity index (χ1) is 4.72. The van der Waals surface area contributed by atoms with E-state index >= 15 is 0 Å². The Hall–Kier alpha value is -0.620. The molecule has 0 heterocycles. The van der Waals surface area contributed by atoms with E-state index in [9.17, 15) is 0 Å². The molecule has 0 aliphatic carbocycles. The molecule has 1 atom stereocenters. The molecule has 0 aromatic rings. The smallest absolute Gasteiger partial charge is 0.268 e. The Labute approximate surface area is 62.9 Å². The van der Waals surface area contributed by atoms with Gasteiger partial charge in [0, 0.05) is 6.92 Å². The fourth-order valence-corrected chi connectivity index (χ4v) is 0.818. The molecule has 1 unspecified atom stereocenters. The van der Waals surface area contributed by atoms with Crippen molar-refractivity contribution in [1.82, 2.24) is 0 Å². The minimum Gasteiger partial charge on any atom is -0.362 e. The molecule has 0 radical (unpaired) electrons. The average Bonchev–Trinajstić information content (AvgIpc) is 1.98. The molecule has 0 aromatic heterocycles. The fraction of sp³-hybridized carbons (Fsp3) is 0.875. The van der Waals surface area contributed by atoms with E-state index in [1.54, 1.807) is 0 Å². The molecule has 0 N–H and O–H groups in total. The Morgan fingerprint density at radius 3 is 2.60 bits per heavy atom. The molecule has 0 aromatic carbocycles. The van der Waals surface area contributed by atoms with Gasteiger partial charge >= 0.3 is 0 Å². The Morgan fingerprint density at radius 1 is 1.60 bits per heavy atom. The summed E-state index contributed by atoms with van der Waals surface area (Å²) in [6.07, 6.45) is 3.56. The van der Waals surface area contributed by atoms with Crippen molar-refractivity contribution in [2.75, 3.05) is 0 Å². The van der Waals surface area contributed by atoms with Gasteiger partial charge in [-0.3, -0.25) is 0 Å². The van der Waals surface area contributed by atoms with E-state index in [2.05, 4.69) is 18.6 Å². The Morgan fingerprint density at radius 2 is 2.20 bits per heavy atom. The summed E-state index contributed by atoms with van der Waals surface area (Å²) in [4.78, 5) is 3.16. The molecule has 10 heavy (non-hydrogen) atoms. The van der Waals surface area contributed by atoms with E-state index in [-0.39, 0.29) is 0 Å². The summed E-state index contributed by atoms with van der Waals surface area (Å²) in [6, 6.07) is 0. The average molecular weight is 140 g/mol. The van der Waals surface area contributed by atoms with E-state index in [0.717, 1.165) is 12.1 Å². The quantitative estimate of drug-likeness (QED) is 0.327. The predicted molar refractivity (Wildman–Crippen MR) is 43.0 cm³/mol. The van der Waals surface area contributed by atoms with Gasteiger partial charge in [-0.05, 0) is 6.42 Å². The van der Waals surface area contributed by atoms with Crippen LogP contribution in [-0.4, -0.2) is 10.5 Å². The Balaban J connectivity index is 3.62. The predicted octanol–water partition coefficient (Wildman–Crippen LogP) is 2.50. The van der Waals surface area contributed by atoms with Crippen molar-refractivity contribution in [2.45, 2.75) is 40.0 Å². The summed E-state index contributed by atoms with van der Waals surface area (Å²) in [5, 5.41) is 0. The summed E-state index contributed by atoms with van der Waals surface area (Å²) in [7, 11) is 0. The molecular formula is C8H16N2. The van der Waals surface area contributed by atoms with Gasteiger partial charge in [-0.25, -0.2) is 0 Å².